The highest BCUT2D eigenvalue weighted by molar-refractivity contribution is 7.91. The number of aryl methyl sites for hydroxylation is 1. The number of hydrogen-bond donors (Lipinski definition) is 1. The van der Waals surface area contributed by atoms with Crippen molar-refractivity contribution in [3.63, 3.8) is 0 Å². The number of aromatic hydroxyl groups is 1. The van der Waals surface area contributed by atoms with Gasteiger partial charge in [-0.3, -0.25) is 14.3 Å². The van der Waals surface area contributed by atoms with Crippen molar-refractivity contribution in [1.82, 2.24) is 14.5 Å². The van der Waals surface area contributed by atoms with Crippen LogP contribution in [0.5, 0.6) is 5.88 Å². The summed E-state index contributed by atoms with van der Waals surface area (Å²) in [6, 6.07) is 14.1. The van der Waals surface area contributed by atoms with Gasteiger partial charge in [-0.25, -0.2) is 12.8 Å². The predicted octanol–water partition coefficient (Wildman–Crippen LogP) is 4.05. The molecular weight excluding hydrogens is 497 g/mol. The lowest BCUT2D eigenvalue weighted by Crippen LogP contribution is -2.33. The summed E-state index contributed by atoms with van der Waals surface area (Å²) >= 11 is 0. The number of fused-ring (bicyclic) bond motifs is 1. The van der Waals surface area contributed by atoms with Gasteiger partial charge in [-0.1, -0.05) is 36.4 Å². The van der Waals surface area contributed by atoms with E-state index in [0.29, 0.717) is 24.2 Å². The largest absolute Gasteiger partial charge is 0.492 e. The lowest BCUT2D eigenvalue weighted by molar-refractivity contribution is 0.122. The van der Waals surface area contributed by atoms with Crippen molar-refractivity contribution in [3.8, 4) is 17.0 Å². The van der Waals surface area contributed by atoms with E-state index in [4.69, 9.17) is 4.74 Å². The molecule has 8 nitrogen and oxygen atoms in total. The highest BCUT2D eigenvalue weighted by atomic mass is 32.2. The highest BCUT2D eigenvalue weighted by Gasteiger charge is 2.34. The highest BCUT2D eigenvalue weighted by Crippen LogP contribution is 2.35. The third-order valence-corrected chi connectivity index (χ3v) is 8.24. The van der Waals surface area contributed by atoms with E-state index in [1.165, 1.54) is 41.1 Å². The molecule has 0 fully saturated rings. The van der Waals surface area contributed by atoms with Gasteiger partial charge in [0.25, 0.3) is 5.56 Å². The second-order valence-corrected chi connectivity index (χ2v) is 10.6. The van der Waals surface area contributed by atoms with Crippen molar-refractivity contribution >= 4 is 9.84 Å². The fourth-order valence-corrected chi connectivity index (χ4v) is 6.06. The maximum Gasteiger partial charge on any atom is 0.277 e. The first-order chi connectivity index (χ1) is 17.8. The van der Waals surface area contributed by atoms with Crippen molar-refractivity contribution in [3.05, 3.63) is 100 Å². The molecule has 0 saturated heterocycles. The van der Waals surface area contributed by atoms with Gasteiger partial charge in [0.1, 0.15) is 18.2 Å². The molecule has 0 amide bonds. The summed E-state index contributed by atoms with van der Waals surface area (Å²) in [7, 11) is -4.45. The molecule has 2 aromatic carbocycles. The standard InChI is InChI=1S/C27H24FN3O5S/c1-2-36-16-24-30-26(32)25(27(33)31(24)23-12-9-18-5-3-4-6-22(18)23)37(34,35)21-10-7-17(8-11-21)19-13-20(28)15-29-14-19/h3-8,10-11,13-15,23,32H,2,9,12,16H2,1H3/t23-/m0/s1. The second-order valence-electron chi connectivity index (χ2n) is 8.67. The molecular formula is C27H24FN3O5S. The van der Waals surface area contributed by atoms with Crippen molar-refractivity contribution < 1.29 is 22.7 Å². The minimum Gasteiger partial charge on any atom is -0.492 e. The Hall–Kier alpha value is -3.89. The molecule has 0 bridgehead atoms. The average Bonchev–Trinajstić information content (AvgIpc) is 3.31. The monoisotopic (exact) mass is 521 g/mol. The normalized spacial score (nSPS) is 15.0. The molecule has 37 heavy (non-hydrogen) atoms. The molecule has 1 N–H and O–H groups in total. The van der Waals surface area contributed by atoms with Gasteiger partial charge < -0.3 is 9.84 Å². The Balaban J connectivity index is 1.62. The lowest BCUT2D eigenvalue weighted by atomic mass is 10.1. The van der Waals surface area contributed by atoms with Gasteiger partial charge in [0.05, 0.1) is 17.1 Å². The average molecular weight is 522 g/mol. The molecule has 5 rings (SSSR count). The van der Waals surface area contributed by atoms with Crippen LogP contribution in [0, 0.1) is 5.82 Å². The van der Waals surface area contributed by atoms with Crippen LogP contribution in [-0.4, -0.2) is 34.7 Å². The number of halogens is 1. The summed E-state index contributed by atoms with van der Waals surface area (Å²) in [5.74, 6) is -1.24. The first kappa shape index (κ1) is 24.8. The quantitative estimate of drug-likeness (QED) is 0.390. The van der Waals surface area contributed by atoms with E-state index in [1.54, 1.807) is 6.92 Å². The zero-order chi connectivity index (χ0) is 26.2. The molecule has 1 atom stereocenters. The number of hydrogen-bond acceptors (Lipinski definition) is 7. The topological polar surface area (TPSA) is 111 Å². The van der Waals surface area contributed by atoms with Crippen LogP contribution in [0.3, 0.4) is 0 Å². The van der Waals surface area contributed by atoms with Crippen LogP contribution in [0.4, 0.5) is 4.39 Å². The third-order valence-electron chi connectivity index (χ3n) is 6.45. The number of ether oxygens (including phenoxy) is 1. The Bertz CT molecular complexity index is 1640. The van der Waals surface area contributed by atoms with Crippen LogP contribution in [0.1, 0.15) is 36.3 Å². The summed E-state index contributed by atoms with van der Waals surface area (Å²) in [4.78, 5) is 20.7. The number of sulfone groups is 1. The number of nitrogens with zero attached hydrogens (tertiary/aromatic N) is 3. The van der Waals surface area contributed by atoms with E-state index in [9.17, 15) is 22.7 Å². The van der Waals surface area contributed by atoms with E-state index in [0.717, 1.165) is 23.7 Å². The van der Waals surface area contributed by atoms with Crippen LogP contribution < -0.4 is 5.56 Å². The first-order valence-electron chi connectivity index (χ1n) is 11.8. The van der Waals surface area contributed by atoms with Gasteiger partial charge in [-0.05, 0) is 54.7 Å². The first-order valence-corrected chi connectivity index (χ1v) is 13.3. The molecule has 1 aliphatic carbocycles. The summed E-state index contributed by atoms with van der Waals surface area (Å²) < 4.78 is 47.6. The van der Waals surface area contributed by atoms with Crippen LogP contribution >= 0.6 is 0 Å². The molecule has 0 unspecified atom stereocenters. The fraction of sp³-hybridized carbons (Fsp3) is 0.222. The lowest BCUT2D eigenvalue weighted by Gasteiger charge is -2.21. The van der Waals surface area contributed by atoms with Crippen molar-refractivity contribution in [2.24, 2.45) is 0 Å². The molecule has 0 spiro atoms. The van der Waals surface area contributed by atoms with E-state index >= 15 is 0 Å². The van der Waals surface area contributed by atoms with Gasteiger partial charge in [0, 0.05) is 18.4 Å². The van der Waals surface area contributed by atoms with E-state index < -0.39 is 38.0 Å². The van der Waals surface area contributed by atoms with Crippen molar-refractivity contribution in [2.45, 2.75) is 42.2 Å². The number of rotatable bonds is 7. The minimum absolute atomic E-state index is 0.0609. The molecule has 0 radical (unpaired) electrons. The number of pyridine rings is 1. The van der Waals surface area contributed by atoms with Crippen LogP contribution in [0.15, 0.2) is 81.6 Å². The second kappa shape index (κ2) is 9.87. The number of aromatic nitrogens is 3. The van der Waals surface area contributed by atoms with Gasteiger partial charge in [0.15, 0.2) is 4.90 Å². The minimum atomic E-state index is -4.45. The third kappa shape index (κ3) is 4.54. The molecule has 0 saturated carbocycles. The molecule has 1 aliphatic rings. The predicted molar refractivity (Wildman–Crippen MR) is 133 cm³/mol. The molecule has 4 aromatic rings. The van der Waals surface area contributed by atoms with Crippen LogP contribution in [0.2, 0.25) is 0 Å². The Labute approximate surface area is 213 Å². The molecule has 0 aliphatic heterocycles. The van der Waals surface area contributed by atoms with Crippen molar-refractivity contribution in [1.29, 1.82) is 0 Å². The zero-order valence-electron chi connectivity index (χ0n) is 20.0. The molecule has 190 valence electrons. The van der Waals surface area contributed by atoms with E-state index in [1.807, 2.05) is 24.3 Å². The maximum absolute atomic E-state index is 13.8. The smallest absolute Gasteiger partial charge is 0.277 e. The van der Waals surface area contributed by atoms with Gasteiger partial charge in [-0.2, -0.15) is 4.98 Å². The van der Waals surface area contributed by atoms with Gasteiger partial charge >= 0.3 is 0 Å². The molecule has 10 heteroatoms. The van der Waals surface area contributed by atoms with Crippen LogP contribution in [0.25, 0.3) is 11.1 Å². The fourth-order valence-electron chi connectivity index (χ4n) is 4.72. The summed E-state index contributed by atoms with van der Waals surface area (Å²) in [6.45, 7) is 2.08. The Morgan fingerprint density at radius 2 is 1.86 bits per heavy atom. The Kier molecular flexibility index (Phi) is 6.61. The Morgan fingerprint density at radius 1 is 1.11 bits per heavy atom. The maximum atomic E-state index is 13.8. The van der Waals surface area contributed by atoms with Crippen LogP contribution in [-0.2, 0) is 27.6 Å². The Morgan fingerprint density at radius 3 is 2.59 bits per heavy atom. The number of benzene rings is 2. The van der Waals surface area contributed by atoms with Gasteiger partial charge in [0.2, 0.25) is 15.7 Å². The summed E-state index contributed by atoms with van der Waals surface area (Å²) in [6.07, 6.45) is 3.83. The molecule has 2 heterocycles. The van der Waals surface area contributed by atoms with Gasteiger partial charge in [-0.15, -0.1) is 0 Å². The van der Waals surface area contributed by atoms with Crippen molar-refractivity contribution in [2.75, 3.05) is 6.61 Å². The molecule has 2 aromatic heterocycles. The SMILES string of the molecule is CCOCc1nc(O)c(S(=O)(=O)c2ccc(-c3cncc(F)c3)cc2)c(=O)n1[C@H]1CCc2ccccc21. The zero-order valence-corrected chi connectivity index (χ0v) is 20.8. The summed E-state index contributed by atoms with van der Waals surface area (Å²) in [5.41, 5.74) is 2.13. The van der Waals surface area contributed by atoms with E-state index in [2.05, 4.69) is 9.97 Å². The van der Waals surface area contributed by atoms with E-state index in [-0.39, 0.29) is 17.3 Å². The summed E-state index contributed by atoms with van der Waals surface area (Å²) in [5, 5.41) is 10.7.